The summed E-state index contributed by atoms with van der Waals surface area (Å²) in [5.74, 6) is 0.897. The molecule has 4 nitrogen and oxygen atoms in total. The van der Waals surface area contributed by atoms with E-state index in [-0.39, 0.29) is 0 Å². The third-order valence-corrected chi connectivity index (χ3v) is 2.68. The highest BCUT2D eigenvalue weighted by Crippen LogP contribution is 2.09. The van der Waals surface area contributed by atoms with Gasteiger partial charge < -0.3 is 9.88 Å². The van der Waals surface area contributed by atoms with Crippen LogP contribution in [0.25, 0.3) is 0 Å². The van der Waals surface area contributed by atoms with Gasteiger partial charge in [-0.25, -0.2) is 4.98 Å². The summed E-state index contributed by atoms with van der Waals surface area (Å²) < 4.78 is 1.91. The van der Waals surface area contributed by atoms with Crippen LogP contribution in [0.5, 0.6) is 0 Å². The summed E-state index contributed by atoms with van der Waals surface area (Å²) in [5.41, 5.74) is 1.76. The van der Waals surface area contributed by atoms with Gasteiger partial charge in [0.25, 0.3) is 0 Å². The molecule has 2 aromatic rings. The summed E-state index contributed by atoms with van der Waals surface area (Å²) in [7, 11) is 0. The van der Waals surface area contributed by atoms with Crippen LogP contribution in [0, 0.1) is 11.3 Å². The van der Waals surface area contributed by atoms with Gasteiger partial charge >= 0.3 is 0 Å². The highest BCUT2D eigenvalue weighted by molar-refractivity contribution is 5.35. The molecule has 0 fully saturated rings. The Morgan fingerprint density at radius 2 is 2.28 bits per heavy atom. The van der Waals surface area contributed by atoms with Crippen molar-refractivity contribution in [1.29, 1.82) is 5.26 Å². The molecule has 2 rings (SSSR count). The van der Waals surface area contributed by atoms with Gasteiger partial charge in [-0.15, -0.1) is 0 Å². The maximum absolute atomic E-state index is 8.93. The second-order valence-electron chi connectivity index (χ2n) is 4.11. The van der Waals surface area contributed by atoms with Crippen LogP contribution in [0.15, 0.2) is 36.7 Å². The first-order valence-electron chi connectivity index (χ1n) is 6.07. The average molecular weight is 240 g/mol. The molecule has 2 aromatic heterocycles. The second kappa shape index (κ2) is 5.87. The van der Waals surface area contributed by atoms with E-state index in [0.29, 0.717) is 12.2 Å². The lowest BCUT2D eigenvalue weighted by molar-refractivity contribution is 0.789. The van der Waals surface area contributed by atoms with Crippen LogP contribution in [0.2, 0.25) is 0 Å². The van der Waals surface area contributed by atoms with E-state index in [2.05, 4.69) is 23.3 Å². The Morgan fingerprint density at radius 3 is 2.94 bits per heavy atom. The molecule has 0 bridgehead atoms. The molecule has 0 unspecified atom stereocenters. The number of pyridine rings is 1. The molecule has 0 aliphatic carbocycles. The van der Waals surface area contributed by atoms with E-state index in [4.69, 9.17) is 5.26 Å². The standard InChI is InChI=1S/C14H16N4/c1-2-7-16-14-6-5-12(10-17-14)11-18-8-3-4-13(18)9-15/h3-6,8,10H,2,7,11H2,1H3,(H,16,17). The second-order valence-corrected chi connectivity index (χ2v) is 4.11. The normalized spacial score (nSPS) is 10.0. The summed E-state index contributed by atoms with van der Waals surface area (Å²) in [6.45, 7) is 3.73. The number of hydrogen-bond acceptors (Lipinski definition) is 3. The van der Waals surface area contributed by atoms with Gasteiger partial charge in [-0.3, -0.25) is 0 Å². The fraction of sp³-hybridized carbons (Fsp3) is 0.286. The third kappa shape index (κ3) is 2.89. The number of hydrogen-bond donors (Lipinski definition) is 1. The number of nitrogens with zero attached hydrogens (tertiary/aromatic N) is 3. The number of anilines is 1. The fourth-order valence-corrected chi connectivity index (χ4v) is 1.73. The van der Waals surface area contributed by atoms with E-state index >= 15 is 0 Å². The molecule has 92 valence electrons. The minimum absolute atomic E-state index is 0.670. The summed E-state index contributed by atoms with van der Waals surface area (Å²) >= 11 is 0. The van der Waals surface area contributed by atoms with Gasteiger partial charge in [0.15, 0.2) is 0 Å². The van der Waals surface area contributed by atoms with Crippen molar-refractivity contribution in [3.05, 3.63) is 47.9 Å². The van der Waals surface area contributed by atoms with E-state index in [1.807, 2.05) is 41.2 Å². The summed E-state index contributed by atoms with van der Waals surface area (Å²) in [6, 6.07) is 9.86. The van der Waals surface area contributed by atoms with Crippen molar-refractivity contribution in [2.75, 3.05) is 11.9 Å². The van der Waals surface area contributed by atoms with Crippen LogP contribution in [0.3, 0.4) is 0 Å². The van der Waals surface area contributed by atoms with Crippen LogP contribution in [0.1, 0.15) is 24.6 Å². The highest BCUT2D eigenvalue weighted by Gasteiger charge is 2.01. The third-order valence-electron chi connectivity index (χ3n) is 2.68. The Hall–Kier alpha value is -2.28. The SMILES string of the molecule is CCCNc1ccc(Cn2cccc2C#N)cn1. The molecule has 0 radical (unpaired) electrons. The molecule has 0 aliphatic rings. The van der Waals surface area contributed by atoms with Crippen molar-refractivity contribution in [2.24, 2.45) is 0 Å². The first kappa shape index (κ1) is 12.2. The van der Waals surface area contributed by atoms with E-state index in [0.717, 1.165) is 24.3 Å². The van der Waals surface area contributed by atoms with Gasteiger partial charge in [-0.1, -0.05) is 13.0 Å². The predicted molar refractivity (Wildman–Crippen MR) is 71.3 cm³/mol. The van der Waals surface area contributed by atoms with Crippen LogP contribution in [0.4, 0.5) is 5.82 Å². The summed E-state index contributed by atoms with van der Waals surface area (Å²) in [6.07, 6.45) is 4.83. The highest BCUT2D eigenvalue weighted by atomic mass is 15.0. The van der Waals surface area contributed by atoms with E-state index in [1.54, 1.807) is 0 Å². The van der Waals surface area contributed by atoms with Gasteiger partial charge in [-0.2, -0.15) is 5.26 Å². The van der Waals surface area contributed by atoms with Crippen molar-refractivity contribution in [3.63, 3.8) is 0 Å². The quantitative estimate of drug-likeness (QED) is 0.874. The Labute approximate surface area is 107 Å². The Bertz CT molecular complexity index is 534. The summed E-state index contributed by atoms with van der Waals surface area (Å²) in [4.78, 5) is 4.34. The van der Waals surface area contributed by atoms with Crippen LogP contribution >= 0.6 is 0 Å². The number of rotatable bonds is 5. The first-order valence-corrected chi connectivity index (χ1v) is 6.07. The van der Waals surface area contributed by atoms with Gasteiger partial charge in [0.1, 0.15) is 17.6 Å². The molecular weight excluding hydrogens is 224 g/mol. The number of nitrogens with one attached hydrogen (secondary N) is 1. The molecular formula is C14H16N4. The molecule has 0 spiro atoms. The minimum Gasteiger partial charge on any atom is -0.370 e. The zero-order valence-electron chi connectivity index (χ0n) is 10.4. The molecule has 0 saturated carbocycles. The van der Waals surface area contributed by atoms with Crippen LogP contribution in [-0.4, -0.2) is 16.1 Å². The minimum atomic E-state index is 0.670. The topological polar surface area (TPSA) is 53.6 Å². The molecule has 0 aromatic carbocycles. The van der Waals surface area contributed by atoms with Gasteiger partial charge in [0.2, 0.25) is 0 Å². The van der Waals surface area contributed by atoms with Crippen molar-refractivity contribution >= 4 is 5.82 Å². The van der Waals surface area contributed by atoms with Gasteiger partial charge in [-0.05, 0) is 30.2 Å². The molecule has 0 atom stereocenters. The van der Waals surface area contributed by atoms with E-state index < -0.39 is 0 Å². The predicted octanol–water partition coefficient (Wildman–Crippen LogP) is 2.62. The lowest BCUT2D eigenvalue weighted by Crippen LogP contribution is -2.04. The zero-order valence-corrected chi connectivity index (χ0v) is 10.4. The molecule has 18 heavy (non-hydrogen) atoms. The maximum Gasteiger partial charge on any atom is 0.125 e. The van der Waals surface area contributed by atoms with E-state index in [1.165, 1.54) is 0 Å². The molecule has 1 N–H and O–H groups in total. The Morgan fingerprint density at radius 1 is 1.39 bits per heavy atom. The van der Waals surface area contributed by atoms with Crippen molar-refractivity contribution < 1.29 is 0 Å². The summed E-state index contributed by atoms with van der Waals surface area (Å²) in [5, 5.41) is 12.2. The molecule has 0 aliphatic heterocycles. The molecule has 0 amide bonds. The smallest absolute Gasteiger partial charge is 0.125 e. The largest absolute Gasteiger partial charge is 0.370 e. The number of aromatic nitrogens is 2. The maximum atomic E-state index is 8.93. The molecule has 4 heteroatoms. The Balaban J connectivity index is 2.04. The monoisotopic (exact) mass is 240 g/mol. The Kier molecular flexibility index (Phi) is 3.98. The first-order chi connectivity index (χ1) is 8.83. The van der Waals surface area contributed by atoms with E-state index in [9.17, 15) is 0 Å². The van der Waals surface area contributed by atoms with Gasteiger partial charge in [0.05, 0.1) is 0 Å². The lowest BCUT2D eigenvalue weighted by atomic mass is 10.2. The zero-order chi connectivity index (χ0) is 12.8. The van der Waals surface area contributed by atoms with Crippen molar-refractivity contribution in [2.45, 2.75) is 19.9 Å². The van der Waals surface area contributed by atoms with Crippen LogP contribution < -0.4 is 5.32 Å². The van der Waals surface area contributed by atoms with Gasteiger partial charge in [0, 0.05) is 25.5 Å². The molecule has 0 saturated heterocycles. The van der Waals surface area contributed by atoms with Crippen molar-refractivity contribution in [1.82, 2.24) is 9.55 Å². The average Bonchev–Trinajstić information content (AvgIpc) is 2.85. The number of nitriles is 1. The van der Waals surface area contributed by atoms with Crippen molar-refractivity contribution in [3.8, 4) is 6.07 Å². The van der Waals surface area contributed by atoms with Crippen LogP contribution in [-0.2, 0) is 6.54 Å². The molecule has 2 heterocycles. The lowest BCUT2D eigenvalue weighted by Gasteiger charge is -2.07. The fourth-order valence-electron chi connectivity index (χ4n) is 1.73.